The average molecular weight is 733 g/mol. The molecule has 51 heavy (non-hydrogen) atoms. The number of β-lactam (4-membered cyclic amide) rings is 1. The molecular formula is C33H32N8O8S2. The zero-order valence-electron chi connectivity index (χ0n) is 27.5. The minimum atomic E-state index is -1.75. The Hall–Kier alpha value is -5.36. The fraction of sp³-hybridized carbons (Fsp3) is 0.364. The number of carbonyl (C=O) groups excluding carboxylic acids is 3. The van der Waals surface area contributed by atoms with Gasteiger partial charge in [-0.3, -0.25) is 19.5 Å². The second-order valence-corrected chi connectivity index (χ2v) is 14.8. The number of anilines is 1. The number of thiazole rings is 1. The highest BCUT2D eigenvalue weighted by atomic mass is 32.2. The number of carboxylic acid groups (broad SMARTS) is 2. The van der Waals surface area contributed by atoms with Crippen LogP contribution in [0.3, 0.4) is 0 Å². The van der Waals surface area contributed by atoms with Crippen molar-refractivity contribution in [3.8, 4) is 0 Å². The van der Waals surface area contributed by atoms with E-state index in [1.165, 1.54) is 35.9 Å². The number of carboxylic acids is 2. The van der Waals surface area contributed by atoms with Gasteiger partial charge in [-0.2, -0.15) is 0 Å². The molecule has 3 aliphatic rings. The second-order valence-electron chi connectivity index (χ2n) is 12.8. The molecule has 4 aromatic heterocycles. The molecule has 264 valence electrons. The van der Waals surface area contributed by atoms with Gasteiger partial charge in [0, 0.05) is 48.0 Å². The van der Waals surface area contributed by atoms with Crippen LogP contribution in [0.15, 0.2) is 68.1 Å². The van der Waals surface area contributed by atoms with Crippen LogP contribution in [0.25, 0.3) is 10.9 Å². The van der Waals surface area contributed by atoms with E-state index in [4.69, 9.17) is 15.1 Å². The van der Waals surface area contributed by atoms with E-state index < -0.39 is 40.5 Å². The number of Topliss-reactive ketones (excluding diaryl/α,β-unsaturated/α-hetero) is 1. The first kappa shape index (κ1) is 34.1. The van der Waals surface area contributed by atoms with Gasteiger partial charge in [-0.05, 0) is 32.8 Å². The van der Waals surface area contributed by atoms with Crippen molar-refractivity contribution >= 4 is 74.2 Å². The Balaban J connectivity index is 1.06. The lowest BCUT2D eigenvalue weighted by atomic mass is 9.89. The largest absolute Gasteiger partial charge is 0.543 e. The van der Waals surface area contributed by atoms with Crippen LogP contribution >= 0.6 is 23.1 Å². The normalized spacial score (nSPS) is 19.3. The van der Waals surface area contributed by atoms with Crippen molar-refractivity contribution in [2.24, 2.45) is 16.1 Å². The molecule has 0 bridgehead atoms. The number of aliphatic imine (C=N–C) groups is 1. The number of rotatable bonds is 13. The summed E-state index contributed by atoms with van der Waals surface area (Å²) in [7, 11) is 0. The van der Waals surface area contributed by atoms with E-state index in [1.807, 2.05) is 45.9 Å². The molecule has 7 rings (SSSR count). The number of hydrogen-bond acceptors (Lipinski definition) is 14. The topological polar surface area (TPSA) is 223 Å². The van der Waals surface area contributed by atoms with Crippen LogP contribution in [-0.2, 0) is 37.1 Å². The molecule has 0 aliphatic carbocycles. The fourth-order valence-corrected chi connectivity index (χ4v) is 8.10. The van der Waals surface area contributed by atoms with Gasteiger partial charge in [0.05, 0.1) is 46.1 Å². The van der Waals surface area contributed by atoms with E-state index in [0.717, 1.165) is 53.0 Å². The Labute approximate surface area is 298 Å². The van der Waals surface area contributed by atoms with Gasteiger partial charge >= 0.3 is 5.97 Å². The maximum Gasteiger partial charge on any atom is 0.350 e. The van der Waals surface area contributed by atoms with Gasteiger partial charge < -0.3 is 34.7 Å². The standard InChI is InChI=1S/C33H32N8O8S2/c1-33(2,31(46)47)49-38-26(23-16-51-32(34)36-23)25(42)11-20-28(43)41-27(30(44)45)18(15-50-29(20)41)13-39-8-6-24-17(12-39)5-9-40(24)14-19-10-22(37-48-19)21-4-3-7-35-21/h5-6,8-10,12,16,20,29H,3-4,7,11,13-15H2,1-2H3,(H3-,34,36,44,45,46,47)/b38-26-/t20-,29-/m1/s1. The second kappa shape index (κ2) is 13.4. The number of carbonyl (C=O) groups is 4. The van der Waals surface area contributed by atoms with Crippen LogP contribution in [0, 0.1) is 5.92 Å². The summed E-state index contributed by atoms with van der Waals surface area (Å²) >= 11 is 2.40. The monoisotopic (exact) mass is 732 g/mol. The number of hydrogen-bond donors (Lipinski definition) is 2. The van der Waals surface area contributed by atoms with Gasteiger partial charge in [0.1, 0.15) is 11.4 Å². The van der Waals surface area contributed by atoms with E-state index in [9.17, 15) is 29.4 Å². The van der Waals surface area contributed by atoms with E-state index >= 15 is 0 Å². The van der Waals surface area contributed by atoms with Crippen LogP contribution in [0.4, 0.5) is 5.13 Å². The minimum Gasteiger partial charge on any atom is -0.543 e. The van der Waals surface area contributed by atoms with Crippen molar-refractivity contribution < 1.29 is 43.3 Å². The van der Waals surface area contributed by atoms with Crippen molar-refractivity contribution in [3.05, 3.63) is 70.6 Å². The summed E-state index contributed by atoms with van der Waals surface area (Å²) in [6.07, 6.45) is 7.27. The molecule has 4 aromatic rings. The molecule has 0 radical (unpaired) electrons. The van der Waals surface area contributed by atoms with Crippen molar-refractivity contribution in [2.45, 2.75) is 57.2 Å². The zero-order valence-corrected chi connectivity index (χ0v) is 29.1. The third kappa shape index (κ3) is 6.63. The smallest absolute Gasteiger partial charge is 0.350 e. The summed E-state index contributed by atoms with van der Waals surface area (Å²) in [4.78, 5) is 65.8. The lowest BCUT2D eigenvalue weighted by Crippen LogP contribution is -2.63. The maximum absolute atomic E-state index is 13.5. The molecule has 0 spiro atoms. The molecule has 1 amide bonds. The third-order valence-electron chi connectivity index (χ3n) is 8.86. The first-order chi connectivity index (χ1) is 24.4. The molecule has 1 fully saturated rings. The highest BCUT2D eigenvalue weighted by Crippen LogP contribution is 2.45. The van der Waals surface area contributed by atoms with Gasteiger partial charge in [-0.15, -0.1) is 23.1 Å². The fourth-order valence-electron chi connectivity index (χ4n) is 6.15. The summed E-state index contributed by atoms with van der Waals surface area (Å²) < 4.78 is 9.45. The SMILES string of the molecule is CC(C)(O/N=C(\C(=O)C[C@@H]1C(=O)N2C(C(=O)[O-])=C(C[n+]3ccc4c(ccn4Cc4cc(C5=NCCC5)no4)c3)CS[C@H]12)c1csc(N)n1)C(=O)O. The van der Waals surface area contributed by atoms with E-state index in [2.05, 4.69) is 20.3 Å². The Bertz CT molecular complexity index is 2180. The number of fused-ring (bicyclic) bond motifs is 2. The number of nitrogens with zero attached hydrogens (tertiary/aromatic N) is 7. The summed E-state index contributed by atoms with van der Waals surface area (Å²) in [5.41, 5.74) is 6.75. The number of nitrogens with two attached hydrogens (primary N) is 1. The molecular weight excluding hydrogens is 701 g/mol. The van der Waals surface area contributed by atoms with Crippen LogP contribution in [-0.4, -0.2) is 83.0 Å². The molecule has 16 nitrogen and oxygen atoms in total. The summed E-state index contributed by atoms with van der Waals surface area (Å²) in [6, 6.07) is 5.80. The molecule has 0 saturated carbocycles. The molecule has 18 heteroatoms. The van der Waals surface area contributed by atoms with Crippen molar-refractivity contribution in [3.63, 3.8) is 0 Å². The summed E-state index contributed by atoms with van der Waals surface area (Å²) in [5.74, 6) is -3.84. The molecule has 1 saturated heterocycles. The zero-order chi connectivity index (χ0) is 36.0. The summed E-state index contributed by atoms with van der Waals surface area (Å²) in [6.45, 7) is 4.02. The van der Waals surface area contributed by atoms with Crippen LogP contribution in [0.5, 0.6) is 0 Å². The number of nitrogen functional groups attached to an aromatic ring is 1. The summed E-state index contributed by atoms with van der Waals surface area (Å²) in [5, 5.41) is 31.8. The van der Waals surface area contributed by atoms with Gasteiger partial charge in [0.25, 0.3) is 0 Å². The quantitative estimate of drug-likeness (QED) is 0.0861. The molecule has 3 N–H and O–H groups in total. The minimum absolute atomic E-state index is 0.0763. The Morgan fingerprint density at radius 3 is 2.82 bits per heavy atom. The third-order valence-corrected chi connectivity index (χ3v) is 10.9. The number of oxime groups is 1. The number of amides is 1. The maximum atomic E-state index is 13.5. The predicted octanol–water partition coefficient (Wildman–Crippen LogP) is 1.37. The van der Waals surface area contributed by atoms with Crippen LogP contribution in [0.1, 0.15) is 50.3 Å². The van der Waals surface area contributed by atoms with Crippen molar-refractivity contribution in [1.82, 2.24) is 19.6 Å². The predicted molar refractivity (Wildman–Crippen MR) is 182 cm³/mol. The molecule has 2 atom stereocenters. The highest BCUT2D eigenvalue weighted by Gasteiger charge is 2.53. The van der Waals surface area contributed by atoms with Crippen LogP contribution < -0.4 is 15.4 Å². The first-order valence-electron chi connectivity index (χ1n) is 16.0. The van der Waals surface area contributed by atoms with Gasteiger partial charge in [0.2, 0.25) is 11.5 Å². The first-order valence-corrected chi connectivity index (χ1v) is 17.9. The number of aromatic nitrogens is 4. The van der Waals surface area contributed by atoms with Crippen molar-refractivity contribution in [2.75, 3.05) is 18.0 Å². The van der Waals surface area contributed by atoms with E-state index in [-0.39, 0.29) is 41.0 Å². The number of thioether (sulfide) groups is 1. The lowest BCUT2D eigenvalue weighted by Gasteiger charge is -2.50. The Morgan fingerprint density at radius 2 is 2.12 bits per heavy atom. The van der Waals surface area contributed by atoms with Gasteiger partial charge in [-0.25, -0.2) is 14.3 Å². The highest BCUT2D eigenvalue weighted by molar-refractivity contribution is 8.00. The van der Waals surface area contributed by atoms with E-state index in [0.29, 0.717) is 17.9 Å². The number of aliphatic carboxylic acids is 2. The molecule has 0 unspecified atom stereocenters. The Morgan fingerprint density at radius 1 is 1.29 bits per heavy atom. The van der Waals surface area contributed by atoms with Gasteiger partial charge in [-0.1, -0.05) is 10.3 Å². The molecule has 3 aliphatic heterocycles. The molecule has 0 aromatic carbocycles. The van der Waals surface area contributed by atoms with E-state index in [1.54, 1.807) is 0 Å². The molecule has 7 heterocycles. The lowest BCUT2D eigenvalue weighted by molar-refractivity contribution is -0.687. The number of pyridine rings is 1. The van der Waals surface area contributed by atoms with Gasteiger partial charge in [0.15, 0.2) is 41.3 Å². The average Bonchev–Trinajstić information content (AvgIpc) is 3.92. The van der Waals surface area contributed by atoms with Crippen molar-refractivity contribution in [1.29, 1.82) is 0 Å². The number of ketones is 1. The Kier molecular flexibility index (Phi) is 8.96. The van der Waals surface area contributed by atoms with Crippen LogP contribution in [0.2, 0.25) is 0 Å².